The Balaban J connectivity index is 2.60. The van der Waals surface area contributed by atoms with E-state index >= 15 is 0 Å². The number of para-hydroxylation sites is 1. The zero-order chi connectivity index (χ0) is 14.2. The topological polar surface area (TPSA) is 80.0 Å². The number of aromatic amines is 1. The predicted molar refractivity (Wildman–Crippen MR) is 71.7 cm³/mol. The van der Waals surface area contributed by atoms with Gasteiger partial charge in [-0.25, -0.2) is 23.9 Å². The van der Waals surface area contributed by atoms with E-state index in [0.29, 0.717) is 5.69 Å². The molecule has 0 saturated heterocycles. The molecule has 0 amide bonds. The molecule has 0 radical (unpaired) electrons. The highest BCUT2D eigenvalue weighted by atomic mass is 16.3. The lowest BCUT2D eigenvalue weighted by Crippen LogP contribution is -2.38. The van der Waals surface area contributed by atoms with Gasteiger partial charge in [0.15, 0.2) is 0 Å². The Hall–Kier alpha value is -2.08. The van der Waals surface area contributed by atoms with Crippen LogP contribution in [0.3, 0.4) is 0 Å². The maximum absolute atomic E-state index is 12.3. The minimum Gasteiger partial charge on any atom is -0.388 e. The van der Waals surface area contributed by atoms with E-state index in [0.717, 1.165) is 9.25 Å². The molecule has 0 fully saturated rings. The number of hydrogen-bond donors (Lipinski definition) is 2. The normalized spacial score (nSPS) is 13.5. The first kappa shape index (κ1) is 13.4. The van der Waals surface area contributed by atoms with Gasteiger partial charge in [0.05, 0.1) is 17.3 Å². The number of nitrogens with zero attached hydrogens (tertiary/aromatic N) is 2. The van der Waals surface area contributed by atoms with Crippen molar-refractivity contribution in [3.63, 3.8) is 0 Å². The number of aliphatic hydroxyl groups is 1. The van der Waals surface area contributed by atoms with Crippen LogP contribution in [0.2, 0.25) is 0 Å². The molecule has 6 nitrogen and oxygen atoms in total. The predicted octanol–water partition coefficient (Wildman–Crippen LogP) is 0.659. The number of hydrogen-bond acceptors (Lipinski definition) is 3. The second kappa shape index (κ2) is 4.55. The summed E-state index contributed by atoms with van der Waals surface area (Å²) >= 11 is 0. The molecule has 1 aromatic heterocycles. The van der Waals surface area contributed by atoms with Crippen molar-refractivity contribution in [3.05, 3.63) is 51.3 Å². The van der Waals surface area contributed by atoms with Crippen LogP contribution in [-0.2, 0) is 0 Å². The molecule has 0 bridgehead atoms. The van der Waals surface area contributed by atoms with E-state index in [9.17, 15) is 14.7 Å². The van der Waals surface area contributed by atoms with Crippen LogP contribution in [0.15, 0.2) is 39.9 Å². The van der Waals surface area contributed by atoms with Gasteiger partial charge in [-0.2, -0.15) is 0 Å². The third-order valence-corrected chi connectivity index (χ3v) is 3.24. The number of aromatic nitrogens is 3. The number of nitrogens with one attached hydrogen (secondary N) is 1. The highest BCUT2D eigenvalue weighted by molar-refractivity contribution is 5.30. The van der Waals surface area contributed by atoms with Crippen molar-refractivity contribution < 1.29 is 5.11 Å². The second-order valence-electron chi connectivity index (χ2n) is 5.07. The molecule has 1 atom stereocenters. The van der Waals surface area contributed by atoms with Crippen molar-refractivity contribution in [3.8, 4) is 5.69 Å². The minimum atomic E-state index is -1.12. The number of rotatable bonds is 3. The first-order valence-corrected chi connectivity index (χ1v) is 6.03. The molecule has 0 aliphatic carbocycles. The second-order valence-corrected chi connectivity index (χ2v) is 5.07. The monoisotopic (exact) mass is 263 g/mol. The van der Waals surface area contributed by atoms with Gasteiger partial charge in [-0.3, -0.25) is 0 Å². The van der Waals surface area contributed by atoms with Gasteiger partial charge in [0.2, 0.25) is 0 Å². The molecule has 19 heavy (non-hydrogen) atoms. The molecule has 1 aromatic carbocycles. The quantitative estimate of drug-likeness (QED) is 0.853. The maximum atomic E-state index is 12.3. The van der Waals surface area contributed by atoms with Gasteiger partial charge in [0.25, 0.3) is 0 Å². The number of H-pyrrole nitrogens is 1. The van der Waals surface area contributed by atoms with Crippen LogP contribution in [0.25, 0.3) is 5.69 Å². The summed E-state index contributed by atoms with van der Waals surface area (Å²) in [5.41, 5.74) is -1.64. The molecular weight excluding hydrogens is 246 g/mol. The van der Waals surface area contributed by atoms with Gasteiger partial charge in [-0.1, -0.05) is 18.2 Å². The zero-order valence-electron chi connectivity index (χ0n) is 11.1. The van der Waals surface area contributed by atoms with Crippen LogP contribution in [-0.4, -0.2) is 25.1 Å². The van der Waals surface area contributed by atoms with Crippen LogP contribution < -0.4 is 11.4 Å². The SMILES string of the molecule is CC(n1[nH]c(=O)n(-c2ccccc2)c1=O)C(C)(C)O. The molecule has 6 heteroatoms. The Bertz CT molecular complexity index is 674. The molecule has 2 aromatic rings. The van der Waals surface area contributed by atoms with E-state index < -0.39 is 23.0 Å². The first-order valence-electron chi connectivity index (χ1n) is 6.03. The Labute approximate surface area is 109 Å². The highest BCUT2D eigenvalue weighted by Gasteiger charge is 2.27. The summed E-state index contributed by atoms with van der Waals surface area (Å²) in [6.07, 6.45) is 0. The summed E-state index contributed by atoms with van der Waals surface area (Å²) in [4.78, 5) is 24.2. The van der Waals surface area contributed by atoms with Gasteiger partial charge >= 0.3 is 11.4 Å². The molecule has 1 heterocycles. The minimum absolute atomic E-state index is 0.495. The zero-order valence-corrected chi connectivity index (χ0v) is 11.1. The Kier molecular flexibility index (Phi) is 3.20. The van der Waals surface area contributed by atoms with Crippen LogP contribution in [0.1, 0.15) is 26.8 Å². The van der Waals surface area contributed by atoms with E-state index in [2.05, 4.69) is 5.10 Å². The van der Waals surface area contributed by atoms with Crippen molar-refractivity contribution in [2.45, 2.75) is 32.4 Å². The summed E-state index contributed by atoms with van der Waals surface area (Å²) in [5.74, 6) is 0. The van der Waals surface area contributed by atoms with Gasteiger partial charge in [0, 0.05) is 0 Å². The van der Waals surface area contributed by atoms with E-state index in [-0.39, 0.29) is 0 Å². The standard InChI is InChI=1S/C13H17N3O3/c1-9(13(2,3)19)16-12(18)15(11(17)14-16)10-7-5-4-6-8-10/h4-9,19H,1-3H3,(H,14,17). The fourth-order valence-corrected chi connectivity index (χ4v) is 1.78. The fraction of sp³-hybridized carbons (Fsp3) is 0.385. The molecule has 2 N–H and O–H groups in total. The van der Waals surface area contributed by atoms with Crippen molar-refractivity contribution in [1.29, 1.82) is 0 Å². The average molecular weight is 263 g/mol. The summed E-state index contributed by atoms with van der Waals surface area (Å²) in [6.45, 7) is 4.84. The highest BCUT2D eigenvalue weighted by Crippen LogP contribution is 2.18. The van der Waals surface area contributed by atoms with Gasteiger partial charge in [-0.15, -0.1) is 0 Å². The molecule has 0 aliphatic heterocycles. The van der Waals surface area contributed by atoms with Crippen molar-refractivity contribution in [1.82, 2.24) is 14.3 Å². The molecule has 0 spiro atoms. The van der Waals surface area contributed by atoms with Gasteiger partial charge in [0.1, 0.15) is 0 Å². The fourth-order valence-electron chi connectivity index (χ4n) is 1.78. The lowest BCUT2D eigenvalue weighted by molar-refractivity contribution is 0.0241. The van der Waals surface area contributed by atoms with E-state index in [1.807, 2.05) is 0 Å². The van der Waals surface area contributed by atoms with Crippen molar-refractivity contribution >= 4 is 0 Å². The Morgan fingerprint density at radius 2 is 1.79 bits per heavy atom. The van der Waals surface area contributed by atoms with Crippen LogP contribution in [0.4, 0.5) is 0 Å². The maximum Gasteiger partial charge on any atom is 0.351 e. The number of benzene rings is 1. The average Bonchev–Trinajstić information content (AvgIpc) is 2.64. The molecule has 2 rings (SSSR count). The van der Waals surface area contributed by atoms with E-state index in [1.165, 1.54) is 0 Å². The van der Waals surface area contributed by atoms with Gasteiger partial charge in [-0.05, 0) is 32.9 Å². The summed E-state index contributed by atoms with van der Waals surface area (Å²) in [6, 6.07) is 8.11. The summed E-state index contributed by atoms with van der Waals surface area (Å²) < 4.78 is 2.19. The molecule has 0 aliphatic rings. The molecule has 0 saturated carbocycles. The van der Waals surface area contributed by atoms with Crippen LogP contribution in [0.5, 0.6) is 0 Å². The molecule has 1 unspecified atom stereocenters. The van der Waals surface area contributed by atoms with E-state index in [1.54, 1.807) is 51.1 Å². The van der Waals surface area contributed by atoms with Crippen LogP contribution in [0, 0.1) is 0 Å². The smallest absolute Gasteiger partial charge is 0.351 e. The Morgan fingerprint density at radius 3 is 2.32 bits per heavy atom. The third kappa shape index (κ3) is 2.39. The summed E-state index contributed by atoms with van der Waals surface area (Å²) in [7, 11) is 0. The van der Waals surface area contributed by atoms with Crippen LogP contribution >= 0.6 is 0 Å². The molecule has 102 valence electrons. The third-order valence-electron chi connectivity index (χ3n) is 3.24. The molecular formula is C13H17N3O3. The summed E-state index contributed by atoms with van der Waals surface area (Å²) in [5, 5.41) is 12.4. The van der Waals surface area contributed by atoms with Gasteiger partial charge < -0.3 is 5.11 Å². The lowest BCUT2D eigenvalue weighted by atomic mass is 10.0. The largest absolute Gasteiger partial charge is 0.388 e. The Morgan fingerprint density at radius 1 is 1.21 bits per heavy atom. The van der Waals surface area contributed by atoms with Crippen molar-refractivity contribution in [2.75, 3.05) is 0 Å². The lowest BCUT2D eigenvalue weighted by Gasteiger charge is -2.25. The van der Waals surface area contributed by atoms with E-state index in [4.69, 9.17) is 0 Å². The van der Waals surface area contributed by atoms with Crippen molar-refractivity contribution in [2.24, 2.45) is 0 Å². The first-order chi connectivity index (χ1) is 8.82.